The number of nitrogens with zero attached hydrogens (tertiary/aromatic N) is 1. The molecule has 0 aliphatic heterocycles. The van der Waals surface area contributed by atoms with Gasteiger partial charge in [-0.1, -0.05) is 11.6 Å². The summed E-state index contributed by atoms with van der Waals surface area (Å²) in [6.45, 7) is 0. The maximum Gasteiger partial charge on any atom is 0.308 e. The Morgan fingerprint density at radius 2 is 2.00 bits per heavy atom. The van der Waals surface area contributed by atoms with Gasteiger partial charge in [0.25, 0.3) is 0 Å². The Bertz CT molecular complexity index is 214. The van der Waals surface area contributed by atoms with Crippen LogP contribution in [0.5, 0.6) is 0 Å². The van der Waals surface area contributed by atoms with Crippen LogP contribution in [0.3, 0.4) is 0 Å². The second-order valence-electron chi connectivity index (χ2n) is 3.61. The van der Waals surface area contributed by atoms with Crippen LogP contribution in [0.4, 0.5) is 0 Å². The third kappa shape index (κ3) is 2.67. The van der Waals surface area contributed by atoms with E-state index in [-0.39, 0.29) is 17.8 Å². The smallest absolute Gasteiger partial charge is 0.308 e. The Labute approximate surface area is 87.9 Å². The summed E-state index contributed by atoms with van der Waals surface area (Å²) in [4.78, 5) is 21.4. The van der Waals surface area contributed by atoms with Crippen LogP contribution in [0.2, 0.25) is 0 Å². The molecule has 0 radical (unpaired) electrons. The summed E-state index contributed by atoms with van der Waals surface area (Å²) >= 11 is 5.71. The van der Waals surface area contributed by atoms with E-state index in [1.807, 2.05) is 0 Å². The fourth-order valence-corrected chi connectivity index (χ4v) is 2.13. The van der Waals surface area contributed by atoms with Crippen molar-refractivity contribution in [3.8, 4) is 0 Å². The molecule has 1 unspecified atom stereocenters. The minimum absolute atomic E-state index is 0.0215. The number of carbonyl (C=O) groups is 1. The topological polar surface area (TPSA) is 55.7 Å². The van der Waals surface area contributed by atoms with Crippen LogP contribution in [0.1, 0.15) is 25.7 Å². The van der Waals surface area contributed by atoms with Gasteiger partial charge >= 0.3 is 5.97 Å². The van der Waals surface area contributed by atoms with Crippen LogP contribution in [0, 0.1) is 16.7 Å². The molecule has 0 N–H and O–H groups in total. The molecule has 0 spiro atoms. The number of nitroso groups, excluding NO2 is 1. The zero-order valence-electron chi connectivity index (χ0n) is 8.11. The van der Waals surface area contributed by atoms with Gasteiger partial charge in [0.1, 0.15) is 0 Å². The normalized spacial score (nSPS) is 29.3. The highest BCUT2D eigenvalue weighted by molar-refractivity contribution is 6.20. The number of esters is 1. The Morgan fingerprint density at radius 1 is 1.43 bits per heavy atom. The summed E-state index contributed by atoms with van der Waals surface area (Å²) in [5.41, 5.74) is -0.645. The van der Waals surface area contributed by atoms with E-state index in [1.54, 1.807) is 0 Å². The molecule has 0 heterocycles. The van der Waals surface area contributed by atoms with E-state index in [4.69, 9.17) is 11.6 Å². The molecule has 80 valence electrons. The summed E-state index contributed by atoms with van der Waals surface area (Å²) < 4.78 is 4.65. The first kappa shape index (κ1) is 11.4. The summed E-state index contributed by atoms with van der Waals surface area (Å²) in [6.07, 6.45) is 3.05. The Morgan fingerprint density at radius 3 is 2.43 bits per heavy atom. The van der Waals surface area contributed by atoms with Crippen molar-refractivity contribution in [3.05, 3.63) is 4.91 Å². The second-order valence-corrected chi connectivity index (χ2v) is 4.06. The Kier molecular flexibility index (Phi) is 4.32. The maximum atomic E-state index is 11.2. The van der Waals surface area contributed by atoms with Gasteiger partial charge in [-0.05, 0) is 36.8 Å². The number of halogens is 1. The van der Waals surface area contributed by atoms with Crippen molar-refractivity contribution in [1.82, 2.24) is 0 Å². The van der Waals surface area contributed by atoms with E-state index in [9.17, 15) is 9.70 Å². The monoisotopic (exact) mass is 219 g/mol. The number of rotatable bonds is 3. The zero-order valence-corrected chi connectivity index (χ0v) is 8.87. The van der Waals surface area contributed by atoms with Crippen LogP contribution in [0.15, 0.2) is 5.18 Å². The Hall–Kier alpha value is -0.640. The molecule has 1 saturated carbocycles. The lowest BCUT2D eigenvalue weighted by molar-refractivity contribution is -0.146. The summed E-state index contributed by atoms with van der Waals surface area (Å²) in [7, 11) is 1.39. The van der Waals surface area contributed by atoms with E-state index in [1.165, 1.54) is 7.11 Å². The summed E-state index contributed by atoms with van der Waals surface area (Å²) in [5, 5.41) is 2.80. The van der Waals surface area contributed by atoms with Crippen molar-refractivity contribution in [2.45, 2.75) is 31.2 Å². The van der Waals surface area contributed by atoms with Gasteiger partial charge < -0.3 is 4.74 Å². The number of methoxy groups -OCH3 is 1. The lowest BCUT2D eigenvalue weighted by Crippen LogP contribution is -2.26. The molecule has 14 heavy (non-hydrogen) atoms. The number of alkyl halides is 1. The molecule has 1 aliphatic carbocycles. The van der Waals surface area contributed by atoms with Crippen LogP contribution in [-0.4, -0.2) is 18.6 Å². The maximum absolute atomic E-state index is 11.2. The van der Waals surface area contributed by atoms with E-state index in [0.717, 1.165) is 25.7 Å². The van der Waals surface area contributed by atoms with Crippen LogP contribution >= 0.6 is 11.6 Å². The van der Waals surface area contributed by atoms with E-state index in [2.05, 4.69) is 9.91 Å². The number of hydrogen-bond donors (Lipinski definition) is 0. The molecular formula is C9H14ClNO3. The molecule has 0 saturated heterocycles. The lowest BCUT2D eigenvalue weighted by Gasteiger charge is -2.26. The number of ether oxygens (including phenoxy) is 1. The molecule has 0 aromatic rings. The minimum atomic E-state index is -0.645. The van der Waals surface area contributed by atoms with Gasteiger partial charge in [0.15, 0.2) is 5.50 Å². The predicted octanol–water partition coefficient (Wildman–Crippen LogP) is 2.30. The predicted molar refractivity (Wildman–Crippen MR) is 52.9 cm³/mol. The van der Waals surface area contributed by atoms with Gasteiger partial charge in [0, 0.05) is 0 Å². The molecular weight excluding hydrogens is 206 g/mol. The van der Waals surface area contributed by atoms with Crippen LogP contribution in [-0.2, 0) is 9.53 Å². The highest BCUT2D eigenvalue weighted by atomic mass is 35.5. The van der Waals surface area contributed by atoms with Gasteiger partial charge in [0.05, 0.1) is 13.0 Å². The van der Waals surface area contributed by atoms with Gasteiger partial charge in [-0.2, -0.15) is 0 Å². The average Bonchev–Trinajstić information content (AvgIpc) is 2.27. The van der Waals surface area contributed by atoms with Crippen molar-refractivity contribution in [1.29, 1.82) is 0 Å². The standard InChI is InChI=1S/C9H14ClNO3/c1-14-9(12)7-4-2-6(3-5-7)8(10)11-13/h6-8H,2-5H2,1H3. The van der Waals surface area contributed by atoms with Crippen molar-refractivity contribution < 1.29 is 9.53 Å². The molecule has 0 amide bonds. The van der Waals surface area contributed by atoms with E-state index < -0.39 is 5.50 Å². The first-order valence-electron chi connectivity index (χ1n) is 4.73. The molecule has 0 aromatic heterocycles. The first-order chi connectivity index (χ1) is 6.69. The van der Waals surface area contributed by atoms with E-state index >= 15 is 0 Å². The first-order valence-corrected chi connectivity index (χ1v) is 5.17. The summed E-state index contributed by atoms with van der Waals surface area (Å²) in [6, 6.07) is 0. The highest BCUT2D eigenvalue weighted by Gasteiger charge is 2.30. The zero-order chi connectivity index (χ0) is 10.6. The fraction of sp³-hybridized carbons (Fsp3) is 0.889. The molecule has 1 fully saturated rings. The molecule has 4 nitrogen and oxygen atoms in total. The van der Waals surface area contributed by atoms with Crippen LogP contribution < -0.4 is 0 Å². The average molecular weight is 220 g/mol. The van der Waals surface area contributed by atoms with Gasteiger partial charge in [-0.15, -0.1) is 4.91 Å². The number of hydrogen-bond acceptors (Lipinski definition) is 4. The van der Waals surface area contributed by atoms with E-state index in [0.29, 0.717) is 0 Å². The fourth-order valence-electron chi connectivity index (χ4n) is 1.88. The van der Waals surface area contributed by atoms with Crippen molar-refractivity contribution in [3.63, 3.8) is 0 Å². The van der Waals surface area contributed by atoms with Crippen LogP contribution in [0.25, 0.3) is 0 Å². The third-order valence-electron chi connectivity index (χ3n) is 2.80. The Balaban J connectivity index is 2.38. The third-order valence-corrected chi connectivity index (χ3v) is 3.23. The molecule has 5 heteroatoms. The van der Waals surface area contributed by atoms with Gasteiger partial charge in [-0.25, -0.2) is 0 Å². The van der Waals surface area contributed by atoms with Crippen molar-refractivity contribution >= 4 is 17.6 Å². The molecule has 0 bridgehead atoms. The molecule has 1 aliphatic rings. The van der Waals surface area contributed by atoms with Gasteiger partial charge in [0.2, 0.25) is 0 Å². The molecule has 1 rings (SSSR count). The quantitative estimate of drug-likeness (QED) is 0.317. The summed E-state index contributed by atoms with van der Waals surface area (Å²) in [5.74, 6) is -0.0597. The minimum Gasteiger partial charge on any atom is -0.469 e. The highest BCUT2D eigenvalue weighted by Crippen LogP contribution is 2.33. The van der Waals surface area contributed by atoms with Gasteiger partial charge in [-0.3, -0.25) is 4.79 Å². The SMILES string of the molecule is COC(=O)C1CCC(C(Cl)N=O)CC1. The second kappa shape index (κ2) is 5.29. The number of carbonyl (C=O) groups excluding carboxylic acids is 1. The van der Waals surface area contributed by atoms with Crippen molar-refractivity contribution in [2.24, 2.45) is 17.0 Å². The van der Waals surface area contributed by atoms with Crippen molar-refractivity contribution in [2.75, 3.05) is 7.11 Å². The molecule has 1 atom stereocenters. The molecule has 0 aromatic carbocycles. The lowest BCUT2D eigenvalue weighted by atomic mass is 9.82. The largest absolute Gasteiger partial charge is 0.469 e.